The first-order valence-electron chi connectivity index (χ1n) is 10.8. The summed E-state index contributed by atoms with van der Waals surface area (Å²) in [5, 5.41) is 0. The first-order chi connectivity index (χ1) is 16.3. The number of Topliss-reactive ketones (excluding diaryl/α,β-unsaturated/α-hetero) is 1. The Hall–Kier alpha value is -3.69. The molecule has 2 aromatic heterocycles. The number of nitrogens with zero attached hydrogens (tertiary/aromatic N) is 3. The number of imidazole rings is 1. The third-order valence-electron chi connectivity index (χ3n) is 5.59. The van der Waals surface area contributed by atoms with Crippen LogP contribution in [0.25, 0.3) is 16.9 Å². The summed E-state index contributed by atoms with van der Waals surface area (Å²) >= 11 is 0. The van der Waals surface area contributed by atoms with Gasteiger partial charge in [-0.25, -0.2) is 4.98 Å². The van der Waals surface area contributed by atoms with Gasteiger partial charge in [-0.05, 0) is 37.0 Å². The Morgan fingerprint density at radius 3 is 2.59 bits per heavy atom. The highest BCUT2D eigenvalue weighted by Crippen LogP contribution is 2.40. The van der Waals surface area contributed by atoms with Gasteiger partial charge >= 0.3 is 6.61 Å². The third-order valence-corrected chi connectivity index (χ3v) is 5.59. The number of rotatable bonds is 10. The van der Waals surface area contributed by atoms with Crippen molar-refractivity contribution >= 4 is 17.3 Å². The van der Waals surface area contributed by atoms with Gasteiger partial charge in [0.25, 0.3) is 5.91 Å². The van der Waals surface area contributed by atoms with E-state index in [1.807, 2.05) is 0 Å². The van der Waals surface area contributed by atoms with Crippen LogP contribution in [0.4, 0.5) is 8.78 Å². The van der Waals surface area contributed by atoms with Crippen LogP contribution in [-0.2, 0) is 4.79 Å². The molecular weight excluding hydrogens is 448 g/mol. The minimum Gasteiger partial charge on any atom is -0.496 e. The van der Waals surface area contributed by atoms with Crippen molar-refractivity contribution in [2.24, 2.45) is 5.92 Å². The molecule has 0 aliphatic heterocycles. The Bertz CT molecular complexity index is 1220. The van der Waals surface area contributed by atoms with Crippen molar-refractivity contribution in [3.63, 3.8) is 0 Å². The molecule has 0 saturated heterocycles. The maximum absolute atomic E-state index is 13.2. The lowest BCUT2D eigenvalue weighted by Gasteiger charge is -2.16. The molecule has 4 rings (SSSR count). The summed E-state index contributed by atoms with van der Waals surface area (Å²) in [6.45, 7) is -3.21. The smallest absolute Gasteiger partial charge is 0.387 e. The van der Waals surface area contributed by atoms with Crippen LogP contribution < -0.4 is 14.2 Å². The maximum Gasteiger partial charge on any atom is 0.387 e. The number of ketones is 1. The van der Waals surface area contributed by atoms with Gasteiger partial charge < -0.3 is 19.1 Å². The molecule has 10 heteroatoms. The second-order valence-electron chi connectivity index (χ2n) is 8.31. The molecule has 8 nitrogen and oxygen atoms in total. The molecule has 1 aliphatic carbocycles. The van der Waals surface area contributed by atoms with Crippen molar-refractivity contribution in [3.8, 4) is 28.5 Å². The summed E-state index contributed by atoms with van der Waals surface area (Å²) in [4.78, 5) is 30.4. The Morgan fingerprint density at radius 2 is 1.94 bits per heavy atom. The van der Waals surface area contributed by atoms with Crippen molar-refractivity contribution in [1.29, 1.82) is 0 Å². The summed E-state index contributed by atoms with van der Waals surface area (Å²) < 4.78 is 43.8. The molecule has 0 unspecified atom stereocenters. The average molecular weight is 473 g/mol. The van der Waals surface area contributed by atoms with Gasteiger partial charge in [-0.15, -0.1) is 0 Å². The van der Waals surface area contributed by atoms with Gasteiger partial charge in [-0.2, -0.15) is 8.78 Å². The Morgan fingerprint density at radius 1 is 1.21 bits per heavy atom. The number of pyridine rings is 1. The number of benzene rings is 1. The van der Waals surface area contributed by atoms with Crippen molar-refractivity contribution < 1.29 is 32.6 Å². The minimum absolute atomic E-state index is 0.0218. The molecule has 1 amide bonds. The topological polar surface area (TPSA) is 82.4 Å². The second kappa shape index (κ2) is 9.66. The first-order valence-corrected chi connectivity index (χ1v) is 10.8. The number of fused-ring (bicyclic) bond motifs is 1. The summed E-state index contributed by atoms with van der Waals surface area (Å²) in [6, 6.07) is 6.34. The Balaban J connectivity index is 1.69. The van der Waals surface area contributed by atoms with E-state index in [4.69, 9.17) is 14.2 Å². The van der Waals surface area contributed by atoms with E-state index in [2.05, 4.69) is 4.98 Å². The largest absolute Gasteiger partial charge is 0.496 e. The fourth-order valence-electron chi connectivity index (χ4n) is 3.59. The van der Waals surface area contributed by atoms with Crippen molar-refractivity contribution in [3.05, 3.63) is 42.2 Å². The molecule has 1 aliphatic rings. The SMILES string of the molecule is COc1cc(-c2cnc3cc(OCC(=O)N(C)C)ccn23)cc(OC(F)F)c1C(=O)CC1CC1. The molecule has 0 spiro atoms. The summed E-state index contributed by atoms with van der Waals surface area (Å²) in [7, 11) is 4.66. The van der Waals surface area contributed by atoms with E-state index in [0.29, 0.717) is 22.7 Å². The van der Waals surface area contributed by atoms with Gasteiger partial charge in [0, 0.05) is 38.3 Å². The van der Waals surface area contributed by atoms with E-state index in [-0.39, 0.29) is 47.7 Å². The zero-order valence-corrected chi connectivity index (χ0v) is 19.1. The van der Waals surface area contributed by atoms with Crippen LogP contribution in [0.5, 0.6) is 17.2 Å². The van der Waals surface area contributed by atoms with Gasteiger partial charge in [0.15, 0.2) is 12.4 Å². The predicted molar refractivity (Wildman–Crippen MR) is 120 cm³/mol. The standard InChI is InChI=1S/C24H25F2N3O5/c1-28(2)22(31)13-33-16-6-7-29-17(12-27-21(29)11-16)15-9-19(32-3)23(18(30)8-14-4-5-14)20(10-15)34-24(25)26/h6-7,9-12,14,24H,4-5,8,13H2,1-3H3. The highest BCUT2D eigenvalue weighted by atomic mass is 19.3. The monoisotopic (exact) mass is 473 g/mol. The van der Waals surface area contributed by atoms with Crippen molar-refractivity contribution in [1.82, 2.24) is 14.3 Å². The lowest BCUT2D eigenvalue weighted by molar-refractivity contribution is -0.130. The average Bonchev–Trinajstić information content (AvgIpc) is 3.51. The molecule has 1 aromatic carbocycles. The van der Waals surface area contributed by atoms with Gasteiger partial charge in [-0.3, -0.25) is 14.0 Å². The number of alkyl halides is 2. The molecular formula is C24H25F2N3O5. The van der Waals surface area contributed by atoms with Gasteiger partial charge in [-0.1, -0.05) is 0 Å². The number of amides is 1. The number of carbonyl (C=O) groups excluding carboxylic acids is 2. The number of hydrogen-bond acceptors (Lipinski definition) is 6. The van der Waals surface area contributed by atoms with Crippen molar-refractivity contribution in [2.75, 3.05) is 27.8 Å². The van der Waals surface area contributed by atoms with Crippen LogP contribution in [0, 0.1) is 5.92 Å². The summed E-state index contributed by atoms with van der Waals surface area (Å²) in [5.74, 6) is 0.204. The van der Waals surface area contributed by atoms with Crippen LogP contribution in [0.15, 0.2) is 36.7 Å². The zero-order chi connectivity index (χ0) is 24.4. The van der Waals surface area contributed by atoms with Gasteiger partial charge in [0.05, 0.1) is 19.0 Å². The van der Waals surface area contributed by atoms with E-state index in [9.17, 15) is 18.4 Å². The minimum atomic E-state index is -3.10. The molecule has 0 atom stereocenters. The fourth-order valence-corrected chi connectivity index (χ4v) is 3.59. The third kappa shape index (κ3) is 5.11. The molecule has 2 heterocycles. The summed E-state index contributed by atoms with van der Waals surface area (Å²) in [6.07, 6.45) is 5.43. The second-order valence-corrected chi connectivity index (χ2v) is 8.31. The molecule has 34 heavy (non-hydrogen) atoms. The first kappa shape index (κ1) is 23.5. The van der Waals surface area contributed by atoms with Crippen LogP contribution >= 0.6 is 0 Å². The van der Waals surface area contributed by atoms with Gasteiger partial charge in [0.1, 0.15) is 28.5 Å². The van der Waals surface area contributed by atoms with E-state index < -0.39 is 6.61 Å². The van der Waals surface area contributed by atoms with Crippen LogP contribution in [-0.4, -0.2) is 60.4 Å². The predicted octanol–water partition coefficient (Wildman–Crippen LogP) is 4.06. The molecule has 0 radical (unpaired) electrons. The van der Waals surface area contributed by atoms with Crippen LogP contribution in [0.3, 0.4) is 0 Å². The number of ether oxygens (including phenoxy) is 3. The fraction of sp³-hybridized carbons (Fsp3) is 0.375. The molecule has 1 saturated carbocycles. The number of hydrogen-bond donors (Lipinski definition) is 0. The van der Waals surface area contributed by atoms with Crippen LogP contribution in [0.2, 0.25) is 0 Å². The van der Waals surface area contributed by atoms with E-state index >= 15 is 0 Å². The maximum atomic E-state index is 13.2. The number of aromatic nitrogens is 2. The van der Waals surface area contributed by atoms with E-state index in [1.165, 1.54) is 18.1 Å². The number of carbonyl (C=O) groups is 2. The van der Waals surface area contributed by atoms with Crippen molar-refractivity contribution in [2.45, 2.75) is 25.9 Å². The van der Waals surface area contributed by atoms with E-state index in [1.54, 1.807) is 49.1 Å². The molecule has 1 fully saturated rings. The lowest BCUT2D eigenvalue weighted by Crippen LogP contribution is -2.27. The summed E-state index contributed by atoms with van der Waals surface area (Å²) in [5.41, 5.74) is 1.60. The molecule has 0 bridgehead atoms. The highest BCUT2D eigenvalue weighted by molar-refractivity contribution is 6.02. The van der Waals surface area contributed by atoms with Crippen LogP contribution in [0.1, 0.15) is 29.6 Å². The number of halogens is 2. The lowest BCUT2D eigenvalue weighted by atomic mass is 10.00. The molecule has 180 valence electrons. The normalized spacial score (nSPS) is 13.2. The zero-order valence-electron chi connectivity index (χ0n) is 19.1. The number of methoxy groups -OCH3 is 1. The highest BCUT2D eigenvalue weighted by Gasteiger charge is 2.29. The van der Waals surface area contributed by atoms with Gasteiger partial charge in [0.2, 0.25) is 0 Å². The molecule has 0 N–H and O–H groups in total. The Kier molecular flexibility index (Phi) is 6.67. The quantitative estimate of drug-likeness (QED) is 0.413. The number of likely N-dealkylation sites (N-methyl/N-ethyl adjacent to an activating group) is 1. The molecule has 3 aromatic rings. The van der Waals surface area contributed by atoms with E-state index in [0.717, 1.165) is 12.8 Å². The Labute approximate surface area is 195 Å².